The molecule has 0 radical (unpaired) electrons. The molecule has 3 aromatic carbocycles. The van der Waals surface area contributed by atoms with Gasteiger partial charge in [-0.3, -0.25) is 4.79 Å². The molecule has 4 aromatic rings. The fourth-order valence-electron chi connectivity index (χ4n) is 3.99. The van der Waals surface area contributed by atoms with Gasteiger partial charge in [-0.05, 0) is 43.3 Å². The highest BCUT2D eigenvalue weighted by Crippen LogP contribution is 2.36. The van der Waals surface area contributed by atoms with Crippen LogP contribution in [0.25, 0.3) is 5.70 Å². The van der Waals surface area contributed by atoms with E-state index < -0.39 is 6.04 Å². The van der Waals surface area contributed by atoms with E-state index in [2.05, 4.69) is 15.7 Å². The summed E-state index contributed by atoms with van der Waals surface area (Å²) in [6.07, 6.45) is 3.40. The highest BCUT2D eigenvalue weighted by atomic mass is 19.1. The zero-order valence-corrected chi connectivity index (χ0v) is 18.7. The summed E-state index contributed by atoms with van der Waals surface area (Å²) >= 11 is 0. The molecule has 0 saturated carbocycles. The van der Waals surface area contributed by atoms with Gasteiger partial charge in [-0.15, -0.1) is 0 Å². The number of carbonyl (C=O) groups excluding carboxylic acids is 1. The number of rotatable bonds is 5. The summed E-state index contributed by atoms with van der Waals surface area (Å²) in [6, 6.07) is 21.1. The van der Waals surface area contributed by atoms with Gasteiger partial charge in [0.2, 0.25) is 0 Å². The minimum atomic E-state index is -0.542. The Labute approximate surface area is 196 Å². The molecular weight excluding hydrogens is 431 g/mol. The van der Waals surface area contributed by atoms with E-state index in [9.17, 15) is 9.18 Å². The third kappa shape index (κ3) is 4.03. The van der Waals surface area contributed by atoms with E-state index in [0.29, 0.717) is 28.4 Å². The number of hydrogen-bond donors (Lipinski definition) is 2. The Kier molecular flexibility index (Phi) is 5.59. The zero-order valence-electron chi connectivity index (χ0n) is 18.7. The third-order valence-corrected chi connectivity index (χ3v) is 5.80. The van der Waals surface area contributed by atoms with Crippen molar-refractivity contribution in [1.82, 2.24) is 9.78 Å². The number of allylic oxidation sites excluding steroid dienone is 1. The Bertz CT molecular complexity index is 1390. The Morgan fingerprint density at radius 2 is 1.88 bits per heavy atom. The first-order valence-corrected chi connectivity index (χ1v) is 10.9. The topological polar surface area (TPSA) is 68.2 Å². The number of ether oxygens (including phenoxy) is 1. The molecule has 1 aromatic heterocycles. The molecule has 0 unspecified atom stereocenters. The van der Waals surface area contributed by atoms with Crippen molar-refractivity contribution < 1.29 is 13.9 Å². The van der Waals surface area contributed by atoms with E-state index in [1.807, 2.05) is 61.5 Å². The van der Waals surface area contributed by atoms with Crippen molar-refractivity contribution in [1.29, 1.82) is 0 Å². The lowest BCUT2D eigenvalue weighted by atomic mass is 10.0. The predicted octanol–water partition coefficient (Wildman–Crippen LogP) is 5.65. The van der Waals surface area contributed by atoms with Gasteiger partial charge in [-0.2, -0.15) is 5.10 Å². The zero-order chi connectivity index (χ0) is 23.7. The number of benzene rings is 3. The molecule has 0 aliphatic carbocycles. The van der Waals surface area contributed by atoms with Crippen LogP contribution in [0.5, 0.6) is 5.75 Å². The van der Waals surface area contributed by atoms with Gasteiger partial charge < -0.3 is 15.4 Å². The molecule has 0 saturated heterocycles. The van der Waals surface area contributed by atoms with Crippen LogP contribution in [0, 0.1) is 12.7 Å². The van der Waals surface area contributed by atoms with Crippen LogP contribution < -0.4 is 15.4 Å². The lowest BCUT2D eigenvalue weighted by molar-refractivity contribution is 0.102. The van der Waals surface area contributed by atoms with Crippen LogP contribution >= 0.6 is 0 Å². The molecule has 1 aliphatic rings. The average Bonchev–Trinajstić information content (AvgIpc) is 3.29. The number of halogens is 1. The second kappa shape index (κ2) is 8.86. The predicted molar refractivity (Wildman–Crippen MR) is 130 cm³/mol. The lowest BCUT2D eigenvalue weighted by Crippen LogP contribution is -2.22. The van der Waals surface area contributed by atoms with Crippen molar-refractivity contribution in [2.24, 2.45) is 0 Å². The van der Waals surface area contributed by atoms with Crippen molar-refractivity contribution in [2.45, 2.75) is 13.0 Å². The van der Waals surface area contributed by atoms with Gasteiger partial charge in [-0.1, -0.05) is 48.0 Å². The van der Waals surface area contributed by atoms with Gasteiger partial charge >= 0.3 is 0 Å². The molecule has 1 amide bonds. The third-order valence-electron chi connectivity index (χ3n) is 5.80. The maximum Gasteiger partial charge on any atom is 0.261 e. The second-order valence-corrected chi connectivity index (χ2v) is 8.08. The fraction of sp³-hybridized carbons (Fsp3) is 0.111. The molecule has 2 N–H and O–H groups in total. The average molecular weight is 455 g/mol. The smallest absolute Gasteiger partial charge is 0.261 e. The number of carbonyl (C=O) groups is 1. The van der Waals surface area contributed by atoms with Crippen LogP contribution in [-0.4, -0.2) is 22.8 Å². The quantitative estimate of drug-likeness (QED) is 0.409. The van der Waals surface area contributed by atoms with E-state index >= 15 is 0 Å². The molecule has 1 atom stereocenters. The number of fused-ring (bicyclic) bond motifs is 1. The van der Waals surface area contributed by atoms with E-state index in [1.54, 1.807) is 30.0 Å². The molecule has 7 heteroatoms. The lowest BCUT2D eigenvalue weighted by Gasteiger charge is -2.26. The molecule has 6 nitrogen and oxygen atoms in total. The largest absolute Gasteiger partial charge is 0.497 e. The normalized spacial score (nSPS) is 14.6. The van der Waals surface area contributed by atoms with Gasteiger partial charge in [0.1, 0.15) is 29.0 Å². The molecule has 34 heavy (non-hydrogen) atoms. The SMILES string of the molecule is COc1cccc(C2=C[C@H](c3ccccc3F)n3ncc(C(=O)Nc4ccc(C)cc4)c3N2)c1. The van der Waals surface area contributed by atoms with Crippen molar-refractivity contribution in [3.05, 3.63) is 113 Å². The van der Waals surface area contributed by atoms with Crippen LogP contribution in [0.2, 0.25) is 0 Å². The van der Waals surface area contributed by atoms with Crippen molar-refractivity contribution >= 4 is 23.1 Å². The van der Waals surface area contributed by atoms with Crippen LogP contribution in [0.15, 0.2) is 85.1 Å². The summed E-state index contributed by atoms with van der Waals surface area (Å²) < 4.78 is 21.8. The van der Waals surface area contributed by atoms with Crippen molar-refractivity contribution in [3.63, 3.8) is 0 Å². The number of aromatic nitrogens is 2. The van der Waals surface area contributed by atoms with E-state index in [1.165, 1.54) is 12.3 Å². The van der Waals surface area contributed by atoms with E-state index in [-0.39, 0.29) is 11.7 Å². The Morgan fingerprint density at radius 3 is 2.65 bits per heavy atom. The monoisotopic (exact) mass is 454 g/mol. The summed E-state index contributed by atoms with van der Waals surface area (Å²) in [5, 5.41) is 10.7. The summed E-state index contributed by atoms with van der Waals surface area (Å²) in [4.78, 5) is 13.2. The number of hydrogen-bond acceptors (Lipinski definition) is 4. The highest BCUT2D eigenvalue weighted by molar-refractivity contribution is 6.08. The molecule has 0 spiro atoms. The minimum absolute atomic E-state index is 0.309. The first-order chi connectivity index (χ1) is 16.5. The maximum absolute atomic E-state index is 14.8. The first kappa shape index (κ1) is 21.5. The van der Waals surface area contributed by atoms with Gasteiger partial charge in [0.15, 0.2) is 0 Å². The fourth-order valence-corrected chi connectivity index (χ4v) is 3.99. The van der Waals surface area contributed by atoms with Crippen LogP contribution in [0.3, 0.4) is 0 Å². The number of amides is 1. The molecule has 2 heterocycles. The van der Waals surface area contributed by atoms with Crippen molar-refractivity contribution in [2.75, 3.05) is 17.7 Å². The minimum Gasteiger partial charge on any atom is -0.497 e. The molecule has 0 bridgehead atoms. The Balaban J connectivity index is 1.57. The van der Waals surface area contributed by atoms with Crippen LogP contribution in [0.4, 0.5) is 15.9 Å². The standard InChI is InChI=1S/C27H23FN4O2/c1-17-10-12-19(13-11-17)30-27(33)22-16-29-32-25(21-8-3-4-9-23(21)28)15-24(31-26(22)32)18-6-5-7-20(14-18)34-2/h3-16,25,31H,1-2H3,(H,30,33)/t25-/m1/s1. The maximum atomic E-state index is 14.8. The van der Waals surface area contributed by atoms with Gasteiger partial charge in [0.25, 0.3) is 5.91 Å². The van der Waals surface area contributed by atoms with Gasteiger partial charge in [0.05, 0.1) is 13.3 Å². The Hall–Kier alpha value is -4.39. The summed E-state index contributed by atoms with van der Waals surface area (Å²) in [6.45, 7) is 1.99. The van der Waals surface area contributed by atoms with Crippen LogP contribution in [0.1, 0.15) is 33.1 Å². The van der Waals surface area contributed by atoms with E-state index in [0.717, 1.165) is 16.8 Å². The van der Waals surface area contributed by atoms with Crippen molar-refractivity contribution in [3.8, 4) is 5.75 Å². The summed E-state index contributed by atoms with van der Waals surface area (Å²) in [7, 11) is 1.60. The number of methoxy groups -OCH3 is 1. The highest BCUT2D eigenvalue weighted by Gasteiger charge is 2.29. The second-order valence-electron chi connectivity index (χ2n) is 8.08. The summed E-state index contributed by atoms with van der Waals surface area (Å²) in [5.74, 6) is 0.525. The molecule has 5 rings (SSSR count). The molecule has 1 aliphatic heterocycles. The molecule has 0 fully saturated rings. The number of anilines is 2. The van der Waals surface area contributed by atoms with Crippen LogP contribution in [-0.2, 0) is 0 Å². The molecule has 170 valence electrons. The first-order valence-electron chi connectivity index (χ1n) is 10.9. The number of aryl methyl sites for hydroxylation is 1. The number of nitrogens with zero attached hydrogens (tertiary/aromatic N) is 2. The Morgan fingerprint density at radius 1 is 1.09 bits per heavy atom. The molecular formula is C27H23FN4O2. The summed E-state index contributed by atoms with van der Waals surface area (Å²) in [5.41, 5.74) is 4.17. The number of nitrogens with one attached hydrogen (secondary N) is 2. The van der Waals surface area contributed by atoms with Gasteiger partial charge in [0, 0.05) is 22.5 Å². The van der Waals surface area contributed by atoms with Gasteiger partial charge in [-0.25, -0.2) is 9.07 Å². The van der Waals surface area contributed by atoms with E-state index in [4.69, 9.17) is 4.74 Å².